The average molecular weight is 599 g/mol. The molecule has 1 saturated carbocycles. The van der Waals surface area contributed by atoms with E-state index in [1.807, 2.05) is 6.92 Å². The number of carbonyl (C=O) groups excluding carboxylic acids is 1. The van der Waals surface area contributed by atoms with Crippen LogP contribution >= 0.6 is 34.5 Å². The van der Waals surface area contributed by atoms with Crippen molar-refractivity contribution in [1.29, 1.82) is 0 Å². The fourth-order valence-electron chi connectivity index (χ4n) is 6.18. The zero-order valence-electron chi connectivity index (χ0n) is 21.5. The van der Waals surface area contributed by atoms with E-state index >= 15 is 0 Å². The summed E-state index contributed by atoms with van der Waals surface area (Å²) in [5.74, 6) is -0.710. The van der Waals surface area contributed by atoms with Gasteiger partial charge in [-0.25, -0.2) is 14.6 Å². The van der Waals surface area contributed by atoms with Crippen LogP contribution in [0, 0.1) is 6.92 Å². The van der Waals surface area contributed by atoms with E-state index in [-0.39, 0.29) is 29.7 Å². The topological polar surface area (TPSA) is 106 Å². The second-order valence-corrected chi connectivity index (χ2v) is 12.7. The van der Waals surface area contributed by atoms with Crippen molar-refractivity contribution in [3.05, 3.63) is 62.8 Å². The van der Waals surface area contributed by atoms with Crippen LogP contribution in [0.4, 0.5) is 5.13 Å². The molecule has 2 aliphatic heterocycles. The van der Waals surface area contributed by atoms with Gasteiger partial charge in [-0.2, -0.15) is 0 Å². The molecule has 2 saturated heterocycles. The lowest BCUT2D eigenvalue weighted by molar-refractivity contribution is 0.0202. The Hall–Kier alpha value is -3.14. The number of aromatic nitrogens is 2. The van der Waals surface area contributed by atoms with Crippen molar-refractivity contribution >= 4 is 61.8 Å². The van der Waals surface area contributed by atoms with Crippen molar-refractivity contribution < 1.29 is 24.0 Å². The van der Waals surface area contributed by atoms with Crippen molar-refractivity contribution in [2.45, 2.75) is 69.6 Å². The highest BCUT2D eigenvalue weighted by Gasteiger charge is 2.45. The highest BCUT2D eigenvalue weighted by Crippen LogP contribution is 2.47. The molecule has 3 aliphatic rings. The number of nitrogens with zero attached hydrogens (tertiary/aromatic N) is 3. The number of carbonyl (C=O) groups is 2. The predicted octanol–water partition coefficient (Wildman–Crippen LogP) is 7.50. The van der Waals surface area contributed by atoms with E-state index in [9.17, 15) is 14.7 Å². The van der Waals surface area contributed by atoms with Gasteiger partial charge in [-0.15, -0.1) is 0 Å². The number of aryl methyl sites for hydroxylation is 1. The SMILES string of the molecule is Cc1cc(C(=O)O)cc2sc(N3[C@@H]4CC[C@H]3C[C@@H](OC(=O)c3c(-c5c(Cl)cccc5Cl)noc3C3CC3)C4)nc12. The Labute approximate surface area is 243 Å². The summed E-state index contributed by atoms with van der Waals surface area (Å²) in [7, 11) is 0. The summed E-state index contributed by atoms with van der Waals surface area (Å²) >= 11 is 14.4. The number of hydrogen-bond donors (Lipinski definition) is 1. The van der Waals surface area contributed by atoms with Crippen LogP contribution in [0.5, 0.6) is 0 Å². The molecule has 206 valence electrons. The van der Waals surface area contributed by atoms with E-state index < -0.39 is 11.9 Å². The predicted molar refractivity (Wildman–Crippen MR) is 153 cm³/mol. The smallest absolute Gasteiger partial charge is 0.344 e. The van der Waals surface area contributed by atoms with Crippen molar-refractivity contribution in [1.82, 2.24) is 10.1 Å². The second-order valence-electron chi connectivity index (χ2n) is 10.9. The van der Waals surface area contributed by atoms with Crippen LogP contribution in [0.3, 0.4) is 0 Å². The van der Waals surface area contributed by atoms with Crippen molar-refractivity contribution in [2.24, 2.45) is 0 Å². The molecule has 3 fully saturated rings. The van der Waals surface area contributed by atoms with Gasteiger partial charge >= 0.3 is 11.9 Å². The maximum Gasteiger partial charge on any atom is 0.344 e. The minimum absolute atomic E-state index is 0.146. The van der Waals surface area contributed by atoms with E-state index in [2.05, 4.69) is 10.1 Å². The molecule has 4 heterocycles. The largest absolute Gasteiger partial charge is 0.478 e. The molecule has 0 radical (unpaired) electrons. The molecule has 8 nitrogen and oxygen atoms in total. The zero-order valence-corrected chi connectivity index (χ0v) is 23.9. The number of carboxylic acids is 1. The van der Waals surface area contributed by atoms with Gasteiger partial charge in [0.25, 0.3) is 0 Å². The molecule has 4 aromatic rings. The van der Waals surface area contributed by atoms with Gasteiger partial charge < -0.3 is 19.3 Å². The van der Waals surface area contributed by atoms with Crippen LogP contribution in [0.25, 0.3) is 21.5 Å². The van der Waals surface area contributed by atoms with E-state index in [4.69, 9.17) is 37.4 Å². The van der Waals surface area contributed by atoms with Gasteiger partial charge in [0, 0.05) is 36.4 Å². The first-order valence-electron chi connectivity index (χ1n) is 13.4. The molecular weight excluding hydrogens is 573 g/mol. The molecule has 1 N–H and O–H groups in total. The molecule has 3 atom stereocenters. The molecule has 2 aromatic carbocycles. The van der Waals surface area contributed by atoms with Crippen molar-refractivity contribution in [3.8, 4) is 11.3 Å². The minimum atomic E-state index is -0.944. The monoisotopic (exact) mass is 597 g/mol. The lowest BCUT2D eigenvalue weighted by atomic mass is 9.99. The quantitative estimate of drug-likeness (QED) is 0.228. The first-order valence-corrected chi connectivity index (χ1v) is 14.9. The third-order valence-corrected chi connectivity index (χ3v) is 9.82. The average Bonchev–Trinajstić information content (AvgIpc) is 3.41. The Morgan fingerprint density at radius 3 is 2.45 bits per heavy atom. The number of carboxylic acid groups (broad SMARTS) is 1. The summed E-state index contributed by atoms with van der Waals surface area (Å²) in [6.45, 7) is 1.89. The molecule has 0 unspecified atom stereocenters. The zero-order chi connectivity index (χ0) is 27.7. The van der Waals surface area contributed by atoms with E-state index in [0.717, 1.165) is 46.6 Å². The Bertz CT molecular complexity index is 1650. The Morgan fingerprint density at radius 2 is 1.80 bits per heavy atom. The summed E-state index contributed by atoms with van der Waals surface area (Å²) in [4.78, 5) is 32.5. The molecular formula is C29H25Cl2N3O5S. The molecule has 0 amide bonds. The number of halogens is 2. The Balaban J connectivity index is 1.14. The fourth-order valence-corrected chi connectivity index (χ4v) is 7.99. The summed E-state index contributed by atoms with van der Waals surface area (Å²) in [6.07, 6.45) is 4.94. The number of hydrogen-bond acceptors (Lipinski definition) is 8. The van der Waals surface area contributed by atoms with Crippen LogP contribution < -0.4 is 4.90 Å². The third-order valence-electron chi connectivity index (χ3n) is 8.18. The van der Waals surface area contributed by atoms with E-state index in [1.54, 1.807) is 30.3 Å². The normalized spacial score (nSPS) is 22.2. The Morgan fingerprint density at radius 1 is 1.10 bits per heavy atom. The van der Waals surface area contributed by atoms with Crippen molar-refractivity contribution in [2.75, 3.05) is 4.90 Å². The van der Waals surface area contributed by atoms with Gasteiger partial charge in [-0.05, 0) is 62.4 Å². The molecule has 7 rings (SSSR count). The molecule has 2 bridgehead atoms. The molecule has 11 heteroatoms. The highest BCUT2D eigenvalue weighted by atomic mass is 35.5. The van der Waals surface area contributed by atoms with Crippen LogP contribution in [-0.2, 0) is 4.74 Å². The number of fused-ring (bicyclic) bond motifs is 3. The van der Waals surface area contributed by atoms with Gasteiger partial charge in [-0.1, -0.05) is 45.8 Å². The number of thiazole rings is 1. The first kappa shape index (κ1) is 25.8. The van der Waals surface area contributed by atoms with E-state index in [1.165, 1.54) is 11.3 Å². The number of anilines is 1. The van der Waals surface area contributed by atoms with Gasteiger partial charge in [0.05, 0.1) is 25.8 Å². The number of piperidine rings is 1. The number of esters is 1. The van der Waals surface area contributed by atoms with Gasteiger partial charge in [0.1, 0.15) is 17.4 Å². The summed E-state index contributed by atoms with van der Waals surface area (Å²) < 4.78 is 12.7. The van der Waals surface area contributed by atoms with Crippen LogP contribution in [0.15, 0.2) is 34.9 Å². The molecule has 0 spiro atoms. The maximum atomic E-state index is 13.7. The van der Waals surface area contributed by atoms with Gasteiger partial charge in [-0.3, -0.25) is 0 Å². The van der Waals surface area contributed by atoms with Gasteiger partial charge in [0.15, 0.2) is 10.9 Å². The highest BCUT2D eigenvalue weighted by molar-refractivity contribution is 7.22. The summed E-state index contributed by atoms with van der Waals surface area (Å²) in [5, 5.41) is 15.4. The molecule has 40 heavy (non-hydrogen) atoms. The second kappa shape index (κ2) is 9.75. The van der Waals surface area contributed by atoms with E-state index in [0.29, 0.717) is 45.5 Å². The first-order chi connectivity index (χ1) is 19.3. The number of ether oxygens (including phenoxy) is 1. The summed E-state index contributed by atoms with van der Waals surface area (Å²) in [5.41, 5.74) is 3.08. The van der Waals surface area contributed by atoms with Crippen LogP contribution in [0.1, 0.15) is 76.5 Å². The molecule has 1 aliphatic carbocycles. The lowest BCUT2D eigenvalue weighted by Crippen LogP contribution is -2.46. The van der Waals surface area contributed by atoms with Crippen molar-refractivity contribution in [3.63, 3.8) is 0 Å². The lowest BCUT2D eigenvalue weighted by Gasteiger charge is -2.38. The Kier molecular flexibility index (Phi) is 6.29. The number of rotatable bonds is 6. The minimum Gasteiger partial charge on any atom is -0.478 e. The van der Waals surface area contributed by atoms with Crippen LogP contribution in [0.2, 0.25) is 10.0 Å². The van der Waals surface area contributed by atoms with Gasteiger partial charge in [0.2, 0.25) is 0 Å². The van der Waals surface area contributed by atoms with Crippen LogP contribution in [-0.4, -0.2) is 45.4 Å². The molecule has 2 aromatic heterocycles. The standard InChI is InChI=1S/C29H25Cl2N3O5S/c1-13-9-15(27(35)36)10-21-24(13)32-29(40-21)34-16-7-8-17(34)12-18(11-16)38-28(37)23-25(33-39-26(23)14-5-6-14)22-19(30)3-2-4-20(22)31/h2-4,9-10,14,16-18H,5-8,11-12H2,1H3,(H,35,36)/t16-,17+,18+. The number of aromatic carboxylic acids is 1. The maximum absolute atomic E-state index is 13.7. The number of benzene rings is 2. The summed E-state index contributed by atoms with van der Waals surface area (Å²) in [6, 6.07) is 8.89. The fraction of sp³-hybridized carbons (Fsp3) is 0.379. The third kappa shape index (κ3) is 4.35.